The average molecular weight is 282 g/mol. The maximum absolute atomic E-state index is 10.8. The third-order valence-corrected chi connectivity index (χ3v) is 3.78. The molecule has 0 aromatic rings. The van der Waals surface area contributed by atoms with Crippen molar-refractivity contribution in [2.45, 2.75) is 52.8 Å². The quantitative estimate of drug-likeness (QED) is 0.408. The van der Waals surface area contributed by atoms with Gasteiger partial charge in [0.15, 0.2) is 9.04 Å². The largest absolute Gasteiger partial charge is 0.417 e. The van der Waals surface area contributed by atoms with Crippen LogP contribution in [0, 0.1) is 5.41 Å². The van der Waals surface area contributed by atoms with Gasteiger partial charge in [0.1, 0.15) is 0 Å². The van der Waals surface area contributed by atoms with Gasteiger partial charge < -0.3 is 4.43 Å². The van der Waals surface area contributed by atoms with Crippen LogP contribution in [0.4, 0.5) is 0 Å². The van der Waals surface area contributed by atoms with Crippen LogP contribution in [-0.4, -0.2) is 36.4 Å². The number of hydrogen-bond acceptors (Lipinski definition) is 4. The molecule has 0 heterocycles. The maximum Gasteiger partial charge on any atom is 0.264 e. The van der Waals surface area contributed by atoms with Crippen molar-refractivity contribution >= 4 is 19.2 Å². The van der Waals surface area contributed by atoms with Gasteiger partial charge in [-0.05, 0) is 31.4 Å². The molecule has 0 N–H and O–H groups in total. The van der Waals surface area contributed by atoms with Crippen LogP contribution in [-0.2, 0) is 18.7 Å². The summed E-state index contributed by atoms with van der Waals surface area (Å²) in [5.41, 5.74) is 0.0857. The fraction of sp³-hybridized carbons (Fsp3) is 1.00. The summed E-state index contributed by atoms with van der Waals surface area (Å²) in [6, 6.07) is 0. The molecule has 0 spiro atoms. The van der Waals surface area contributed by atoms with Gasteiger partial charge in [-0.25, -0.2) is 0 Å². The van der Waals surface area contributed by atoms with E-state index < -0.39 is 19.2 Å². The lowest BCUT2D eigenvalue weighted by Crippen LogP contribution is -2.33. The van der Waals surface area contributed by atoms with Gasteiger partial charge in [0.25, 0.3) is 10.1 Å². The summed E-state index contributed by atoms with van der Waals surface area (Å²) in [7, 11) is -4.39. The zero-order valence-electron chi connectivity index (χ0n) is 11.8. The molecule has 0 aromatic carbocycles. The Labute approximate surface area is 108 Å². The van der Waals surface area contributed by atoms with Crippen molar-refractivity contribution in [2.75, 3.05) is 12.9 Å². The molecule has 0 aliphatic rings. The van der Waals surface area contributed by atoms with Crippen molar-refractivity contribution in [3.63, 3.8) is 0 Å². The van der Waals surface area contributed by atoms with Crippen LogP contribution in [0.2, 0.25) is 13.1 Å². The zero-order chi connectivity index (χ0) is 13.7. The lowest BCUT2D eigenvalue weighted by molar-refractivity contribution is 0.0728. The standard InChI is InChI=1S/C11H26O4SSi/c1-11(2,3)10(15-17(5)6)8-7-9-14-16(4,12)13/h10,17H,7-9H2,1-6H3. The van der Waals surface area contributed by atoms with Crippen LogP contribution in [0.1, 0.15) is 33.6 Å². The second-order valence-corrected chi connectivity index (χ2v) is 9.72. The minimum atomic E-state index is -3.31. The van der Waals surface area contributed by atoms with Crippen LogP contribution in [0.15, 0.2) is 0 Å². The van der Waals surface area contributed by atoms with E-state index in [9.17, 15) is 8.42 Å². The van der Waals surface area contributed by atoms with E-state index in [-0.39, 0.29) is 18.1 Å². The Morgan fingerprint density at radius 2 is 1.76 bits per heavy atom. The summed E-state index contributed by atoms with van der Waals surface area (Å²) >= 11 is 0. The van der Waals surface area contributed by atoms with E-state index in [0.29, 0.717) is 6.42 Å². The first kappa shape index (κ1) is 17.1. The summed E-state index contributed by atoms with van der Waals surface area (Å²) in [5, 5.41) is 0. The monoisotopic (exact) mass is 282 g/mol. The molecular formula is C11H26O4SSi. The van der Waals surface area contributed by atoms with E-state index in [1.807, 2.05) is 0 Å². The van der Waals surface area contributed by atoms with Gasteiger partial charge in [-0.2, -0.15) is 8.42 Å². The highest BCUT2D eigenvalue weighted by Crippen LogP contribution is 2.26. The molecule has 0 aliphatic heterocycles. The Kier molecular flexibility index (Phi) is 6.90. The molecular weight excluding hydrogens is 256 g/mol. The second kappa shape index (κ2) is 6.87. The molecule has 0 saturated heterocycles. The van der Waals surface area contributed by atoms with E-state index in [1.165, 1.54) is 0 Å². The number of hydrogen-bond donors (Lipinski definition) is 0. The molecule has 17 heavy (non-hydrogen) atoms. The molecule has 0 aromatic heterocycles. The van der Waals surface area contributed by atoms with E-state index in [2.05, 4.69) is 33.9 Å². The van der Waals surface area contributed by atoms with Gasteiger partial charge in [-0.3, -0.25) is 4.18 Å². The molecule has 0 rings (SSSR count). The lowest BCUT2D eigenvalue weighted by Gasteiger charge is -2.32. The Bertz CT molecular complexity index is 306. The minimum absolute atomic E-state index is 0.0857. The van der Waals surface area contributed by atoms with Gasteiger partial charge in [0.05, 0.1) is 12.9 Å². The molecule has 0 bridgehead atoms. The van der Waals surface area contributed by atoms with Crippen molar-refractivity contribution in [3.8, 4) is 0 Å². The Morgan fingerprint density at radius 3 is 2.12 bits per heavy atom. The SMILES string of the molecule is C[SiH](C)OC(CCCOS(C)(=O)=O)C(C)(C)C. The summed E-state index contributed by atoms with van der Waals surface area (Å²) < 4.78 is 32.3. The number of rotatable bonds is 7. The molecule has 0 radical (unpaired) electrons. The molecule has 6 heteroatoms. The van der Waals surface area contributed by atoms with E-state index in [4.69, 9.17) is 8.61 Å². The highest BCUT2D eigenvalue weighted by atomic mass is 32.2. The summed E-state index contributed by atoms with van der Waals surface area (Å²) in [5.74, 6) is 0. The molecule has 0 saturated carbocycles. The molecule has 0 fully saturated rings. The highest BCUT2D eigenvalue weighted by Gasteiger charge is 2.25. The van der Waals surface area contributed by atoms with Crippen LogP contribution >= 0.6 is 0 Å². The molecule has 104 valence electrons. The van der Waals surface area contributed by atoms with Crippen molar-refractivity contribution in [1.82, 2.24) is 0 Å². The Hall–Kier alpha value is 0.0869. The van der Waals surface area contributed by atoms with Crippen molar-refractivity contribution in [2.24, 2.45) is 5.41 Å². The van der Waals surface area contributed by atoms with Gasteiger partial charge in [0, 0.05) is 6.10 Å². The van der Waals surface area contributed by atoms with Crippen LogP contribution in [0.5, 0.6) is 0 Å². The Balaban J connectivity index is 4.10. The minimum Gasteiger partial charge on any atom is -0.417 e. The first-order chi connectivity index (χ1) is 7.52. The lowest BCUT2D eigenvalue weighted by atomic mass is 9.87. The molecule has 4 nitrogen and oxygen atoms in total. The summed E-state index contributed by atoms with van der Waals surface area (Å²) in [6.07, 6.45) is 2.80. The molecule has 1 unspecified atom stereocenters. The third-order valence-electron chi connectivity index (χ3n) is 2.31. The predicted octanol–water partition coefficient (Wildman–Crippen LogP) is 2.16. The van der Waals surface area contributed by atoms with Crippen LogP contribution in [0.3, 0.4) is 0 Å². The van der Waals surface area contributed by atoms with E-state index in [0.717, 1.165) is 12.7 Å². The van der Waals surface area contributed by atoms with Gasteiger partial charge in [-0.15, -0.1) is 0 Å². The zero-order valence-corrected chi connectivity index (χ0v) is 13.8. The first-order valence-electron chi connectivity index (χ1n) is 6.02. The van der Waals surface area contributed by atoms with Crippen molar-refractivity contribution in [3.05, 3.63) is 0 Å². The fourth-order valence-corrected chi connectivity index (χ4v) is 3.13. The Morgan fingerprint density at radius 1 is 1.24 bits per heavy atom. The summed E-state index contributed by atoms with van der Waals surface area (Å²) in [4.78, 5) is 0. The maximum atomic E-state index is 10.8. The van der Waals surface area contributed by atoms with Crippen LogP contribution in [0.25, 0.3) is 0 Å². The summed E-state index contributed by atoms with van der Waals surface area (Å²) in [6.45, 7) is 11.0. The first-order valence-corrected chi connectivity index (χ1v) is 10.6. The van der Waals surface area contributed by atoms with Gasteiger partial charge in [-0.1, -0.05) is 20.8 Å². The van der Waals surface area contributed by atoms with E-state index >= 15 is 0 Å². The normalized spacial score (nSPS) is 15.2. The topological polar surface area (TPSA) is 52.6 Å². The third kappa shape index (κ3) is 9.76. The molecule has 1 atom stereocenters. The van der Waals surface area contributed by atoms with Gasteiger partial charge >= 0.3 is 0 Å². The highest BCUT2D eigenvalue weighted by molar-refractivity contribution is 7.85. The molecule has 0 amide bonds. The van der Waals surface area contributed by atoms with E-state index in [1.54, 1.807) is 0 Å². The fourth-order valence-electron chi connectivity index (χ4n) is 1.51. The predicted molar refractivity (Wildman–Crippen MR) is 73.2 cm³/mol. The van der Waals surface area contributed by atoms with Crippen LogP contribution < -0.4 is 0 Å². The second-order valence-electron chi connectivity index (χ2n) is 5.71. The van der Waals surface area contributed by atoms with Gasteiger partial charge in [0.2, 0.25) is 0 Å². The smallest absolute Gasteiger partial charge is 0.264 e. The molecule has 0 aliphatic carbocycles. The van der Waals surface area contributed by atoms with Crippen molar-refractivity contribution in [1.29, 1.82) is 0 Å². The average Bonchev–Trinajstić information content (AvgIpc) is 2.06. The van der Waals surface area contributed by atoms with Crippen molar-refractivity contribution < 1.29 is 17.0 Å².